The minimum absolute atomic E-state index is 0.0588. The molecular weight excluding hydrogens is 1070 g/mol. The molecule has 0 aliphatic carbocycles. The highest BCUT2D eigenvalue weighted by atomic mass is 35.5. The Morgan fingerprint density at radius 1 is 0.974 bits per heavy atom. The molecule has 0 saturated carbocycles. The number of carbonyl (C=O) groups excluding carboxylic acids is 5. The van der Waals surface area contributed by atoms with Gasteiger partial charge in [-0.1, -0.05) is 58.7 Å². The third-order valence-corrected chi connectivity index (χ3v) is 13.2. The zero-order chi connectivity index (χ0) is 54.7. The van der Waals surface area contributed by atoms with E-state index in [1.54, 1.807) is 36.4 Å². The average molecular weight is 1110 g/mol. The van der Waals surface area contributed by atoms with Crippen LogP contribution in [-0.4, -0.2) is 125 Å². The van der Waals surface area contributed by atoms with Gasteiger partial charge in [-0.15, -0.1) is 5.10 Å². The minimum atomic E-state index is -4.93. The SMILES string of the molecule is CC(N)=NC(=Nc1cc(Cl)ccc1C(F)(F)F)[C@@H]1O[C@@H]2COC(c3ccccc3)O[C@@H]2[C@H](n2cc(-c3cc(F)c(Cl)c(F)c3)nn2)[C@H]1OCC(=O)NCCOCC(=O)Nc1ccc2c(c1)CN(C1CCC(=O)NC1=O)C2=O. The summed E-state index contributed by atoms with van der Waals surface area (Å²) < 4.78 is 105. The molecule has 2 unspecified atom stereocenters. The number of aliphatic imine (C=N–C) groups is 2. The van der Waals surface area contributed by atoms with E-state index in [4.69, 9.17) is 52.6 Å². The molecule has 1 aromatic heterocycles. The Kier molecular flexibility index (Phi) is 16.4. The first-order valence-corrected chi connectivity index (χ1v) is 24.4. The highest BCUT2D eigenvalue weighted by molar-refractivity contribution is 6.31. The van der Waals surface area contributed by atoms with Gasteiger partial charge in [0.15, 0.2) is 12.1 Å². The topological polar surface area (TPSA) is 252 Å². The fraction of sp³-hybridized carbons (Fsp3) is 0.340. The van der Waals surface area contributed by atoms with Crippen LogP contribution in [-0.2, 0) is 55.6 Å². The quantitative estimate of drug-likeness (QED) is 0.0235. The van der Waals surface area contributed by atoms with E-state index >= 15 is 0 Å². The normalized spacial score (nSPS) is 22.8. The van der Waals surface area contributed by atoms with Crippen molar-refractivity contribution in [2.75, 3.05) is 38.3 Å². The number of hydrogen-bond acceptors (Lipinski definition) is 13. The summed E-state index contributed by atoms with van der Waals surface area (Å²) in [6.45, 7) is -0.299. The molecule has 5 N–H and O–H groups in total. The molecule has 4 aliphatic rings. The van der Waals surface area contributed by atoms with Gasteiger partial charge in [-0.2, -0.15) is 13.2 Å². The van der Waals surface area contributed by atoms with Crippen LogP contribution in [0.2, 0.25) is 10.0 Å². The fourth-order valence-electron chi connectivity index (χ4n) is 9.13. The van der Waals surface area contributed by atoms with Crippen LogP contribution in [0.15, 0.2) is 95.0 Å². The van der Waals surface area contributed by atoms with E-state index in [0.717, 1.165) is 30.3 Å². The van der Waals surface area contributed by atoms with Crippen molar-refractivity contribution in [1.82, 2.24) is 30.5 Å². The second-order valence-corrected chi connectivity index (χ2v) is 18.8. The summed E-state index contributed by atoms with van der Waals surface area (Å²) >= 11 is 12.0. The van der Waals surface area contributed by atoms with Gasteiger partial charge in [0.25, 0.3) is 5.91 Å². The van der Waals surface area contributed by atoms with Crippen molar-refractivity contribution >= 4 is 75.8 Å². The second-order valence-electron chi connectivity index (χ2n) is 18.0. The van der Waals surface area contributed by atoms with Crippen molar-refractivity contribution in [3.8, 4) is 11.3 Å². The fourth-order valence-corrected chi connectivity index (χ4v) is 9.40. The van der Waals surface area contributed by atoms with Crippen molar-refractivity contribution in [2.45, 2.75) is 75.3 Å². The number of hydrogen-bond donors (Lipinski definition) is 4. The monoisotopic (exact) mass is 1110 g/mol. The number of piperidine rings is 1. The molecule has 27 heteroatoms. The Hall–Kier alpha value is -7.26. The molecule has 5 aromatic rings. The maximum Gasteiger partial charge on any atom is 0.418 e. The van der Waals surface area contributed by atoms with E-state index in [1.807, 2.05) is 0 Å². The summed E-state index contributed by atoms with van der Waals surface area (Å²) in [5, 5.41) is 15.1. The molecule has 5 amide bonds. The molecule has 0 radical (unpaired) electrons. The van der Waals surface area contributed by atoms with Crippen LogP contribution in [0.4, 0.5) is 33.3 Å². The van der Waals surface area contributed by atoms with Crippen LogP contribution in [0.5, 0.6) is 0 Å². The maximum absolute atomic E-state index is 14.8. The van der Waals surface area contributed by atoms with E-state index in [1.165, 1.54) is 34.8 Å². The van der Waals surface area contributed by atoms with E-state index < -0.39 is 120 Å². The van der Waals surface area contributed by atoms with Crippen molar-refractivity contribution in [2.24, 2.45) is 15.7 Å². The molecule has 4 aliphatic heterocycles. The molecular formula is C50H45Cl2F5N10O10. The van der Waals surface area contributed by atoms with E-state index in [2.05, 4.69) is 36.2 Å². The number of nitrogens with two attached hydrogens (primary N) is 1. The Morgan fingerprint density at radius 3 is 2.47 bits per heavy atom. The molecule has 20 nitrogen and oxygen atoms in total. The van der Waals surface area contributed by atoms with E-state index in [-0.39, 0.29) is 67.2 Å². The molecule has 77 heavy (non-hydrogen) atoms. The van der Waals surface area contributed by atoms with Gasteiger partial charge in [-0.05, 0) is 67.4 Å². The number of rotatable bonds is 15. The number of nitrogens with zero attached hydrogens (tertiary/aromatic N) is 6. The first kappa shape index (κ1) is 54.5. The molecule has 7 atom stereocenters. The summed E-state index contributed by atoms with van der Waals surface area (Å²) in [5.74, 6) is -5.48. The van der Waals surface area contributed by atoms with Crippen molar-refractivity contribution < 1.29 is 69.6 Å². The molecule has 5 heterocycles. The van der Waals surface area contributed by atoms with E-state index in [9.17, 15) is 45.9 Å². The molecule has 9 rings (SSSR count). The van der Waals surface area contributed by atoms with Gasteiger partial charge in [-0.25, -0.2) is 23.4 Å². The predicted octanol–water partition coefficient (Wildman–Crippen LogP) is 6.00. The maximum atomic E-state index is 14.8. The number of halogens is 7. The third-order valence-electron chi connectivity index (χ3n) is 12.6. The summed E-state index contributed by atoms with van der Waals surface area (Å²) in [5.41, 5.74) is 5.94. The number of anilines is 1. The van der Waals surface area contributed by atoms with Gasteiger partial charge in [0.2, 0.25) is 23.6 Å². The Bertz CT molecular complexity index is 3140. The summed E-state index contributed by atoms with van der Waals surface area (Å²) in [4.78, 5) is 73.7. The largest absolute Gasteiger partial charge is 0.418 e. The number of benzene rings is 4. The molecule has 4 aromatic carbocycles. The third kappa shape index (κ3) is 12.5. The number of fused-ring (bicyclic) bond motifs is 2. The molecule has 3 fully saturated rings. The first-order valence-electron chi connectivity index (χ1n) is 23.6. The zero-order valence-corrected chi connectivity index (χ0v) is 41.8. The van der Waals surface area contributed by atoms with Crippen LogP contribution in [0, 0.1) is 11.6 Å². The van der Waals surface area contributed by atoms with Gasteiger partial charge in [0, 0.05) is 46.9 Å². The van der Waals surface area contributed by atoms with Crippen LogP contribution in [0.1, 0.15) is 59.1 Å². The smallest absolute Gasteiger partial charge is 0.387 e. The Morgan fingerprint density at radius 2 is 1.74 bits per heavy atom. The summed E-state index contributed by atoms with van der Waals surface area (Å²) in [7, 11) is 0. The van der Waals surface area contributed by atoms with Crippen molar-refractivity contribution in [3.63, 3.8) is 0 Å². The first-order chi connectivity index (χ1) is 36.8. The number of amidine groups is 2. The van der Waals surface area contributed by atoms with Gasteiger partial charge in [0.05, 0.1) is 36.5 Å². The Balaban J connectivity index is 0.940. The number of alkyl halides is 3. The summed E-state index contributed by atoms with van der Waals surface area (Å²) in [6.07, 6.45) is -9.71. The number of carbonyl (C=O) groups is 5. The number of nitrogens with one attached hydrogen (secondary N) is 3. The van der Waals surface area contributed by atoms with Crippen molar-refractivity contribution in [3.05, 3.63) is 129 Å². The molecule has 3 saturated heterocycles. The van der Waals surface area contributed by atoms with E-state index in [0.29, 0.717) is 22.4 Å². The van der Waals surface area contributed by atoms with Crippen molar-refractivity contribution in [1.29, 1.82) is 0 Å². The lowest BCUT2D eigenvalue weighted by molar-refractivity contribution is -0.312. The second kappa shape index (κ2) is 23.1. The highest BCUT2D eigenvalue weighted by Gasteiger charge is 2.54. The number of imide groups is 1. The average Bonchev–Trinajstić information content (AvgIpc) is 4.02. The van der Waals surface area contributed by atoms with Gasteiger partial charge >= 0.3 is 6.18 Å². The summed E-state index contributed by atoms with van der Waals surface area (Å²) in [6, 6.07) is 15.9. The Labute approximate surface area is 444 Å². The van der Waals surface area contributed by atoms with Gasteiger partial charge < -0.3 is 45.0 Å². The van der Waals surface area contributed by atoms with Crippen LogP contribution < -0.4 is 21.7 Å². The van der Waals surface area contributed by atoms with Crippen LogP contribution >= 0.6 is 23.2 Å². The molecule has 404 valence electrons. The standard InChI is InChI=1S/C50H45Cl2F5N10O10/c1-24(58)60-46(62-34-18-28(51)7-10-31(34)50(55,56)57)45-44(42(43-37(76-45)21-75-49(77-43)25-5-3-2-4-6-25)67-20-35(64-65-67)26-16-32(53)41(52)33(54)17-26)74-23-39(69)59-13-14-73-22-40(70)61-29-8-9-30-27(15-29)19-66(48(30)72)36-11-12-38(68)63-47(36)71/h2-10,15-18,20,36-37,42-45,49H,11-14,19,21-23H2,1H3,(H,59,69)(H,61,70)(H2,58,60,62)(H,63,68,71)/t36?,37-,42+,43+,44-,45-,49?/m1/s1. The van der Waals surface area contributed by atoms with Crippen LogP contribution in [0.3, 0.4) is 0 Å². The number of aromatic nitrogens is 3. The number of ether oxygens (including phenoxy) is 5. The lowest BCUT2D eigenvalue weighted by atomic mass is 9.90. The highest BCUT2D eigenvalue weighted by Crippen LogP contribution is 2.43. The predicted molar refractivity (Wildman–Crippen MR) is 264 cm³/mol. The molecule has 0 bridgehead atoms. The zero-order valence-electron chi connectivity index (χ0n) is 40.3. The lowest BCUT2D eigenvalue weighted by Gasteiger charge is -2.49. The van der Waals surface area contributed by atoms with Gasteiger partial charge in [-0.3, -0.25) is 29.3 Å². The number of amides is 5. The molecule has 0 spiro atoms. The lowest BCUT2D eigenvalue weighted by Crippen LogP contribution is -2.62. The minimum Gasteiger partial charge on any atom is -0.387 e. The van der Waals surface area contributed by atoms with Crippen LogP contribution in [0.25, 0.3) is 11.3 Å². The van der Waals surface area contributed by atoms with Gasteiger partial charge in [0.1, 0.15) is 72.1 Å².